The Hall–Kier alpha value is -3.18. The second-order valence-corrected chi connectivity index (χ2v) is 19.5. The Morgan fingerprint density at radius 1 is 0.329 bits per heavy atom. The van der Waals surface area contributed by atoms with Crippen LogP contribution >= 0.6 is 0 Å². The van der Waals surface area contributed by atoms with E-state index < -0.39 is 6.10 Å². The fourth-order valence-electron chi connectivity index (χ4n) is 8.15. The van der Waals surface area contributed by atoms with Gasteiger partial charge in [-0.3, -0.25) is 9.59 Å². The highest BCUT2D eigenvalue weighted by molar-refractivity contribution is 5.70. The van der Waals surface area contributed by atoms with Gasteiger partial charge >= 0.3 is 11.9 Å². The number of unbranched alkanes of at least 4 members (excludes halogenated alkanes) is 27. The van der Waals surface area contributed by atoms with E-state index in [1.807, 2.05) is 0 Å². The third-order valence-corrected chi connectivity index (χ3v) is 12.6. The summed E-state index contributed by atoms with van der Waals surface area (Å²) in [4.78, 5) is 25.5. The molecule has 0 N–H and O–H groups in total. The van der Waals surface area contributed by atoms with Crippen LogP contribution < -0.4 is 0 Å². The molecule has 0 aliphatic carbocycles. The van der Waals surface area contributed by atoms with Crippen molar-refractivity contribution in [2.45, 2.75) is 284 Å². The Kier molecular flexibility index (Phi) is 57.4. The normalized spacial score (nSPS) is 12.9. The van der Waals surface area contributed by atoms with Crippen molar-refractivity contribution >= 4 is 11.9 Å². The van der Waals surface area contributed by atoms with E-state index in [0.29, 0.717) is 19.4 Å². The molecule has 70 heavy (non-hydrogen) atoms. The van der Waals surface area contributed by atoms with Gasteiger partial charge in [-0.05, 0) is 122 Å². The molecule has 0 aromatic rings. The molecule has 0 bridgehead atoms. The van der Waals surface area contributed by atoms with E-state index in [-0.39, 0.29) is 25.2 Å². The minimum atomic E-state index is -0.562. The van der Waals surface area contributed by atoms with E-state index in [1.54, 1.807) is 0 Å². The molecule has 5 heteroatoms. The smallest absolute Gasteiger partial charge is 0.306 e. The van der Waals surface area contributed by atoms with Crippen molar-refractivity contribution in [3.8, 4) is 0 Å². The molecule has 0 aromatic carbocycles. The van der Waals surface area contributed by atoms with Gasteiger partial charge in [0.2, 0.25) is 0 Å². The minimum Gasteiger partial charge on any atom is -0.462 e. The first-order valence-corrected chi connectivity index (χ1v) is 29.8. The molecule has 5 nitrogen and oxygen atoms in total. The number of hydrogen-bond acceptors (Lipinski definition) is 5. The number of carbonyl (C=O) groups is 2. The SMILES string of the molecule is CC/C=C\C/C=C\C/C=C\C/C=C\C/C=C\CCCCCC(=O)OCC(COCCCCCCCCCCCC/C=C\C/C=C\CCCCC)OC(=O)CCCCCCC/C=C\CCCCCCCC. The topological polar surface area (TPSA) is 61.8 Å². The lowest BCUT2D eigenvalue weighted by Crippen LogP contribution is -2.30. The summed E-state index contributed by atoms with van der Waals surface area (Å²) in [5, 5.41) is 0. The zero-order valence-corrected chi connectivity index (χ0v) is 46.3. The zero-order valence-electron chi connectivity index (χ0n) is 46.3. The average molecular weight is 974 g/mol. The van der Waals surface area contributed by atoms with Crippen molar-refractivity contribution in [3.63, 3.8) is 0 Å². The van der Waals surface area contributed by atoms with Gasteiger partial charge in [-0.15, -0.1) is 0 Å². The highest BCUT2D eigenvalue weighted by Crippen LogP contribution is 2.14. The second-order valence-electron chi connectivity index (χ2n) is 19.5. The van der Waals surface area contributed by atoms with Crippen LogP contribution in [0.2, 0.25) is 0 Å². The van der Waals surface area contributed by atoms with Crippen molar-refractivity contribution in [3.05, 3.63) is 97.2 Å². The first kappa shape index (κ1) is 66.8. The molecule has 1 atom stereocenters. The van der Waals surface area contributed by atoms with E-state index in [4.69, 9.17) is 14.2 Å². The van der Waals surface area contributed by atoms with Gasteiger partial charge in [0.25, 0.3) is 0 Å². The molecule has 402 valence electrons. The Labute approximate surface area is 434 Å². The van der Waals surface area contributed by atoms with E-state index in [0.717, 1.165) is 103 Å². The quantitative estimate of drug-likeness (QED) is 0.0345. The van der Waals surface area contributed by atoms with Gasteiger partial charge in [-0.25, -0.2) is 0 Å². The Balaban J connectivity index is 4.34. The predicted molar refractivity (Wildman–Crippen MR) is 306 cm³/mol. The van der Waals surface area contributed by atoms with Gasteiger partial charge in [-0.2, -0.15) is 0 Å². The summed E-state index contributed by atoms with van der Waals surface area (Å²) < 4.78 is 17.5. The lowest BCUT2D eigenvalue weighted by molar-refractivity contribution is -0.163. The number of ether oxygens (including phenoxy) is 3. The average Bonchev–Trinajstić information content (AvgIpc) is 3.36. The summed E-state index contributed by atoms with van der Waals surface area (Å²) >= 11 is 0. The number of allylic oxidation sites excluding steroid dienone is 16. The second kappa shape index (κ2) is 60.1. The summed E-state index contributed by atoms with van der Waals surface area (Å²) in [7, 11) is 0. The van der Waals surface area contributed by atoms with E-state index in [1.165, 1.54) is 141 Å². The predicted octanol–water partition coefficient (Wildman–Crippen LogP) is 20.6. The molecular formula is C65H112O5. The van der Waals surface area contributed by atoms with Gasteiger partial charge in [0.1, 0.15) is 6.61 Å². The maximum absolute atomic E-state index is 12.9. The monoisotopic (exact) mass is 973 g/mol. The van der Waals surface area contributed by atoms with Crippen molar-refractivity contribution in [1.29, 1.82) is 0 Å². The van der Waals surface area contributed by atoms with E-state index >= 15 is 0 Å². The molecule has 0 heterocycles. The summed E-state index contributed by atoms with van der Waals surface area (Å²) in [6, 6.07) is 0. The van der Waals surface area contributed by atoms with Crippen LogP contribution in [0.25, 0.3) is 0 Å². The lowest BCUT2D eigenvalue weighted by atomic mass is 10.1. The van der Waals surface area contributed by atoms with Crippen LogP contribution in [0.5, 0.6) is 0 Å². The van der Waals surface area contributed by atoms with E-state index in [9.17, 15) is 9.59 Å². The molecule has 0 saturated heterocycles. The summed E-state index contributed by atoms with van der Waals surface area (Å²) in [5.74, 6) is -0.442. The van der Waals surface area contributed by atoms with Crippen LogP contribution in [-0.4, -0.2) is 37.9 Å². The molecule has 0 rings (SSSR count). The van der Waals surface area contributed by atoms with Crippen LogP contribution in [0, 0.1) is 0 Å². The molecule has 0 saturated carbocycles. The van der Waals surface area contributed by atoms with Crippen molar-refractivity contribution in [2.24, 2.45) is 0 Å². The number of esters is 2. The number of hydrogen-bond donors (Lipinski definition) is 0. The molecule has 0 aromatic heterocycles. The van der Waals surface area contributed by atoms with Crippen LogP contribution in [-0.2, 0) is 23.8 Å². The van der Waals surface area contributed by atoms with Gasteiger partial charge in [-0.1, -0.05) is 240 Å². The number of carbonyl (C=O) groups excluding carboxylic acids is 2. The Morgan fingerprint density at radius 2 is 0.643 bits per heavy atom. The standard InChI is InChI=1S/C65H112O5/c1-4-7-10-13-16-19-22-25-28-30-32-34-36-39-42-45-48-51-54-57-60-68-61-63(70-65(67)59-56-53-50-47-44-41-37-27-24-21-18-15-12-9-6-3)62-69-64(66)58-55-52-49-46-43-40-38-35-33-31-29-26-23-20-17-14-11-8-5-2/h8,11,16-17,19-20,25-29,33,35,37,40,43,63H,4-7,9-10,12-15,18,21-24,30-32,34,36,38-39,41-42,44-62H2,1-3H3/b11-8-,19-16-,20-17-,28-25-,29-26-,35-33-,37-27-,43-40-. The first-order valence-electron chi connectivity index (χ1n) is 29.8. The van der Waals surface area contributed by atoms with E-state index in [2.05, 4.69) is 118 Å². The molecule has 0 spiro atoms. The molecule has 0 fully saturated rings. The third kappa shape index (κ3) is 57.4. The largest absolute Gasteiger partial charge is 0.462 e. The Morgan fingerprint density at radius 3 is 1.09 bits per heavy atom. The Bertz CT molecular complexity index is 1330. The molecule has 0 radical (unpaired) electrons. The molecular weight excluding hydrogens is 861 g/mol. The minimum absolute atomic E-state index is 0.0601. The first-order chi connectivity index (χ1) is 34.6. The molecule has 0 aliphatic heterocycles. The highest BCUT2D eigenvalue weighted by Gasteiger charge is 2.17. The van der Waals surface area contributed by atoms with Crippen LogP contribution in [0.15, 0.2) is 97.2 Å². The summed E-state index contributed by atoms with van der Waals surface area (Å²) in [5.41, 5.74) is 0. The highest BCUT2D eigenvalue weighted by atomic mass is 16.6. The fraction of sp³-hybridized carbons (Fsp3) is 0.723. The van der Waals surface area contributed by atoms with Crippen molar-refractivity contribution in [2.75, 3.05) is 19.8 Å². The maximum atomic E-state index is 12.9. The summed E-state index contributed by atoms with van der Waals surface area (Å²) in [6.07, 6.45) is 81.4. The van der Waals surface area contributed by atoms with Crippen molar-refractivity contribution < 1.29 is 23.8 Å². The maximum Gasteiger partial charge on any atom is 0.306 e. The lowest BCUT2D eigenvalue weighted by Gasteiger charge is -2.18. The molecule has 0 aliphatic rings. The molecule has 1 unspecified atom stereocenters. The van der Waals surface area contributed by atoms with Gasteiger partial charge < -0.3 is 14.2 Å². The zero-order chi connectivity index (χ0) is 50.6. The summed E-state index contributed by atoms with van der Waals surface area (Å²) in [6.45, 7) is 7.65. The van der Waals surface area contributed by atoms with Gasteiger partial charge in [0.15, 0.2) is 6.10 Å². The van der Waals surface area contributed by atoms with Crippen LogP contribution in [0.1, 0.15) is 278 Å². The molecule has 0 amide bonds. The van der Waals surface area contributed by atoms with Crippen LogP contribution in [0.4, 0.5) is 0 Å². The van der Waals surface area contributed by atoms with Gasteiger partial charge in [0, 0.05) is 19.4 Å². The van der Waals surface area contributed by atoms with Gasteiger partial charge in [0.05, 0.1) is 6.61 Å². The van der Waals surface area contributed by atoms with Crippen molar-refractivity contribution in [1.82, 2.24) is 0 Å². The fourth-order valence-corrected chi connectivity index (χ4v) is 8.15. The number of rotatable bonds is 54. The third-order valence-electron chi connectivity index (χ3n) is 12.6. The van der Waals surface area contributed by atoms with Crippen LogP contribution in [0.3, 0.4) is 0 Å².